The van der Waals surface area contributed by atoms with Crippen molar-refractivity contribution in [3.8, 4) is 0 Å². The van der Waals surface area contributed by atoms with E-state index in [1.807, 2.05) is 0 Å². The Balaban J connectivity index is 2.57. The largest absolute Gasteiger partial charge is 0.460 e. The fourth-order valence-electron chi connectivity index (χ4n) is 1.45. The second-order valence-corrected chi connectivity index (χ2v) is 3.88. The van der Waals surface area contributed by atoms with Crippen LogP contribution >= 0.6 is 0 Å². The number of aromatic nitrogens is 1. The van der Waals surface area contributed by atoms with E-state index in [2.05, 4.69) is 9.72 Å². The lowest BCUT2D eigenvalue weighted by molar-refractivity contribution is -0.173. The molecule has 0 aliphatic carbocycles. The van der Waals surface area contributed by atoms with Gasteiger partial charge in [0.1, 0.15) is 6.61 Å². The molecule has 0 fully saturated rings. The molecule has 0 amide bonds. The van der Waals surface area contributed by atoms with E-state index in [-0.39, 0.29) is 31.3 Å². The van der Waals surface area contributed by atoms with Crippen molar-refractivity contribution in [2.24, 2.45) is 0 Å². The van der Waals surface area contributed by atoms with Crippen LogP contribution < -0.4 is 0 Å². The molecule has 0 bridgehead atoms. The van der Waals surface area contributed by atoms with Gasteiger partial charge in [-0.2, -0.15) is 13.2 Å². The Bertz CT molecular complexity index is 442. The molecule has 0 aromatic carbocycles. The fraction of sp³-hybridized carbons (Fsp3) is 0.667. The van der Waals surface area contributed by atoms with E-state index < -0.39 is 18.8 Å². The highest BCUT2D eigenvalue weighted by molar-refractivity contribution is 5.87. The zero-order chi connectivity index (χ0) is 15.2. The van der Waals surface area contributed by atoms with E-state index >= 15 is 0 Å². The Morgan fingerprint density at radius 3 is 2.60 bits per heavy atom. The zero-order valence-corrected chi connectivity index (χ0v) is 11.2. The second-order valence-electron chi connectivity index (χ2n) is 3.88. The van der Waals surface area contributed by atoms with Crippen LogP contribution in [0.4, 0.5) is 13.2 Å². The van der Waals surface area contributed by atoms with E-state index in [1.165, 1.54) is 0 Å². The van der Waals surface area contributed by atoms with Crippen LogP contribution in [0.5, 0.6) is 0 Å². The number of oxazole rings is 1. The Morgan fingerprint density at radius 2 is 2.05 bits per heavy atom. The van der Waals surface area contributed by atoms with E-state index in [9.17, 15) is 18.0 Å². The summed E-state index contributed by atoms with van der Waals surface area (Å²) in [4.78, 5) is 15.6. The Morgan fingerprint density at radius 1 is 1.35 bits per heavy atom. The maximum atomic E-state index is 11.9. The minimum atomic E-state index is -4.36. The van der Waals surface area contributed by atoms with Gasteiger partial charge in [-0.25, -0.2) is 9.78 Å². The lowest BCUT2D eigenvalue weighted by Gasteiger charge is -2.05. The van der Waals surface area contributed by atoms with Crippen LogP contribution in [0.25, 0.3) is 0 Å². The second kappa shape index (κ2) is 7.28. The molecule has 114 valence electrons. The molecule has 0 radical (unpaired) electrons. The highest BCUT2D eigenvalue weighted by Gasteiger charge is 2.27. The van der Waals surface area contributed by atoms with Gasteiger partial charge < -0.3 is 13.9 Å². The Hall–Kier alpha value is -1.57. The van der Waals surface area contributed by atoms with Gasteiger partial charge >= 0.3 is 12.1 Å². The molecule has 0 unspecified atom stereocenters. The molecule has 1 aromatic rings. The van der Waals surface area contributed by atoms with E-state index in [0.29, 0.717) is 12.1 Å². The first-order chi connectivity index (χ1) is 9.37. The van der Waals surface area contributed by atoms with Crippen molar-refractivity contribution < 1.29 is 31.9 Å². The van der Waals surface area contributed by atoms with Crippen molar-refractivity contribution in [1.82, 2.24) is 4.98 Å². The summed E-state index contributed by atoms with van der Waals surface area (Å²) in [7, 11) is 0. The van der Waals surface area contributed by atoms with Gasteiger partial charge in [-0.15, -0.1) is 0 Å². The number of carbonyl (C=O) groups is 1. The van der Waals surface area contributed by atoms with Crippen LogP contribution in [0.15, 0.2) is 4.42 Å². The first-order valence-corrected chi connectivity index (χ1v) is 6.17. The van der Waals surface area contributed by atoms with Gasteiger partial charge in [0.25, 0.3) is 0 Å². The first-order valence-electron chi connectivity index (χ1n) is 6.17. The van der Waals surface area contributed by atoms with Crippen molar-refractivity contribution in [1.29, 1.82) is 0 Å². The van der Waals surface area contributed by atoms with Gasteiger partial charge in [-0.1, -0.05) is 6.92 Å². The molecule has 0 N–H and O–H groups in total. The topological polar surface area (TPSA) is 61.6 Å². The van der Waals surface area contributed by atoms with Crippen molar-refractivity contribution in [2.45, 2.75) is 32.9 Å². The Labute approximate surface area is 114 Å². The van der Waals surface area contributed by atoms with Gasteiger partial charge in [0.15, 0.2) is 5.89 Å². The molecule has 1 rings (SSSR count). The smallest absolute Gasteiger partial charge is 0.411 e. The highest BCUT2D eigenvalue weighted by Crippen LogP contribution is 2.16. The third kappa shape index (κ3) is 5.20. The van der Waals surface area contributed by atoms with Crippen molar-refractivity contribution in [2.75, 3.05) is 19.8 Å². The fourth-order valence-corrected chi connectivity index (χ4v) is 1.45. The number of carbonyl (C=O) groups excluding carboxylic acids is 1. The van der Waals surface area contributed by atoms with E-state index in [4.69, 9.17) is 9.15 Å². The molecule has 0 aliphatic rings. The summed E-state index contributed by atoms with van der Waals surface area (Å²) in [5, 5.41) is 0. The Kier molecular flexibility index (Phi) is 6.00. The summed E-state index contributed by atoms with van der Waals surface area (Å²) in [6.07, 6.45) is -3.84. The molecule has 1 heterocycles. The van der Waals surface area contributed by atoms with Crippen LogP contribution in [0, 0.1) is 0 Å². The monoisotopic (exact) mass is 295 g/mol. The predicted molar refractivity (Wildman–Crippen MR) is 62.4 cm³/mol. The molecule has 0 saturated carbocycles. The minimum absolute atomic E-state index is 0.000159. The molecule has 20 heavy (non-hydrogen) atoms. The summed E-state index contributed by atoms with van der Waals surface area (Å²) in [6.45, 7) is 2.13. The van der Waals surface area contributed by atoms with Crippen LogP contribution in [0.1, 0.15) is 36.0 Å². The number of esters is 1. The summed E-state index contributed by atoms with van der Waals surface area (Å²) >= 11 is 0. The number of aryl methyl sites for hydroxylation is 1. The van der Waals surface area contributed by atoms with Crippen molar-refractivity contribution in [3.63, 3.8) is 0 Å². The van der Waals surface area contributed by atoms with Gasteiger partial charge in [0.05, 0.1) is 18.9 Å². The third-order valence-corrected chi connectivity index (χ3v) is 2.26. The molecular weight excluding hydrogens is 279 g/mol. The quantitative estimate of drug-likeness (QED) is 0.571. The van der Waals surface area contributed by atoms with Gasteiger partial charge in [0, 0.05) is 6.42 Å². The molecule has 0 atom stereocenters. The first kappa shape index (κ1) is 16.5. The summed E-state index contributed by atoms with van der Waals surface area (Å²) in [5.41, 5.74) is 0.425. The summed E-state index contributed by atoms with van der Waals surface area (Å²) in [5.74, 6) is -0.466. The molecule has 5 nitrogen and oxygen atoms in total. The number of alkyl halides is 3. The lowest BCUT2D eigenvalue weighted by Crippen LogP contribution is -2.18. The van der Waals surface area contributed by atoms with Crippen molar-refractivity contribution in [3.05, 3.63) is 17.3 Å². The van der Waals surface area contributed by atoms with Crippen LogP contribution in [-0.4, -0.2) is 37.0 Å². The normalized spacial score (nSPS) is 11.7. The summed E-state index contributed by atoms with van der Waals surface area (Å²) in [6, 6.07) is 0. The number of hydrogen-bond acceptors (Lipinski definition) is 5. The standard InChI is InChI=1S/C12H16F3NO4/c1-3-8-10(11(17)19-4-2)20-9(16-8)5-6-18-7-12(13,14)15/h3-7H2,1-2H3. The molecular formula is C12H16F3NO4. The molecule has 8 heteroatoms. The van der Waals surface area contributed by atoms with Crippen LogP contribution in [-0.2, 0) is 22.3 Å². The number of halogens is 3. The molecule has 0 spiro atoms. The van der Waals surface area contributed by atoms with E-state index in [0.717, 1.165) is 0 Å². The number of rotatable bonds is 7. The van der Waals surface area contributed by atoms with Gasteiger partial charge in [-0.3, -0.25) is 0 Å². The van der Waals surface area contributed by atoms with Crippen LogP contribution in [0.2, 0.25) is 0 Å². The average molecular weight is 295 g/mol. The molecule has 0 saturated heterocycles. The number of nitrogens with zero attached hydrogens (tertiary/aromatic N) is 1. The summed E-state index contributed by atoms with van der Waals surface area (Å²) < 4.78 is 50.1. The third-order valence-electron chi connectivity index (χ3n) is 2.26. The zero-order valence-electron chi connectivity index (χ0n) is 11.2. The molecule has 0 aliphatic heterocycles. The maximum Gasteiger partial charge on any atom is 0.411 e. The SMILES string of the molecule is CCOC(=O)c1oc(CCOCC(F)(F)F)nc1CC. The van der Waals surface area contributed by atoms with Crippen molar-refractivity contribution >= 4 is 5.97 Å². The molecule has 1 aromatic heterocycles. The average Bonchev–Trinajstić information content (AvgIpc) is 2.77. The predicted octanol–water partition coefficient (Wildman–Crippen LogP) is 2.54. The van der Waals surface area contributed by atoms with Gasteiger partial charge in [-0.05, 0) is 13.3 Å². The minimum Gasteiger partial charge on any atom is -0.460 e. The maximum absolute atomic E-state index is 11.9. The number of ether oxygens (including phenoxy) is 2. The van der Waals surface area contributed by atoms with Gasteiger partial charge in [0.2, 0.25) is 5.76 Å². The van der Waals surface area contributed by atoms with E-state index in [1.54, 1.807) is 13.8 Å². The number of hydrogen-bond donors (Lipinski definition) is 0. The van der Waals surface area contributed by atoms with Crippen LogP contribution in [0.3, 0.4) is 0 Å². The highest BCUT2D eigenvalue weighted by atomic mass is 19.4. The lowest BCUT2D eigenvalue weighted by atomic mass is 10.3.